The van der Waals surface area contributed by atoms with E-state index in [4.69, 9.17) is 0 Å². The first kappa shape index (κ1) is 20.4. The van der Waals surface area contributed by atoms with Crippen molar-refractivity contribution in [1.29, 1.82) is 0 Å². The Hall–Kier alpha value is -2.33. The lowest BCUT2D eigenvalue weighted by Gasteiger charge is -2.31. The van der Waals surface area contributed by atoms with Crippen LogP contribution in [0.15, 0.2) is 54.6 Å². The number of benzene rings is 2. The van der Waals surface area contributed by atoms with E-state index in [-0.39, 0.29) is 11.8 Å². The topological polar surface area (TPSA) is 35.6 Å². The molecular weight excluding hydrogens is 346 g/mol. The zero-order valence-corrected chi connectivity index (χ0v) is 17.2. The maximum atomic E-state index is 12.5. The lowest BCUT2D eigenvalue weighted by Crippen LogP contribution is -2.40. The van der Waals surface area contributed by atoms with Crippen LogP contribution in [-0.4, -0.2) is 44.0 Å². The van der Waals surface area contributed by atoms with Crippen molar-refractivity contribution in [3.63, 3.8) is 0 Å². The third-order valence-electron chi connectivity index (χ3n) is 5.65. The SMILES string of the molecule is Cc1ccc(CN2CCC(C(=O)NCCCN(C)c3ccccc3)CC2)cc1. The fourth-order valence-electron chi connectivity index (χ4n) is 3.79. The highest BCUT2D eigenvalue weighted by molar-refractivity contribution is 5.78. The van der Waals surface area contributed by atoms with Crippen LogP contribution >= 0.6 is 0 Å². The molecule has 0 aromatic heterocycles. The number of carbonyl (C=O) groups is 1. The smallest absolute Gasteiger partial charge is 0.223 e. The van der Waals surface area contributed by atoms with Crippen molar-refractivity contribution >= 4 is 11.6 Å². The molecule has 3 rings (SSSR count). The van der Waals surface area contributed by atoms with Crippen LogP contribution in [0.5, 0.6) is 0 Å². The van der Waals surface area contributed by atoms with Crippen molar-refractivity contribution < 1.29 is 4.79 Å². The van der Waals surface area contributed by atoms with Crippen LogP contribution in [0, 0.1) is 12.8 Å². The molecule has 2 aromatic carbocycles. The van der Waals surface area contributed by atoms with Crippen LogP contribution in [0.2, 0.25) is 0 Å². The summed E-state index contributed by atoms with van der Waals surface area (Å²) in [5, 5.41) is 3.15. The lowest BCUT2D eigenvalue weighted by molar-refractivity contribution is -0.126. The predicted molar refractivity (Wildman–Crippen MR) is 117 cm³/mol. The van der Waals surface area contributed by atoms with Gasteiger partial charge >= 0.3 is 0 Å². The van der Waals surface area contributed by atoms with Gasteiger partial charge in [-0.05, 0) is 57.0 Å². The van der Waals surface area contributed by atoms with Crippen LogP contribution in [0.1, 0.15) is 30.4 Å². The van der Waals surface area contributed by atoms with E-state index in [2.05, 4.69) is 77.6 Å². The third kappa shape index (κ3) is 6.10. The van der Waals surface area contributed by atoms with Crippen LogP contribution < -0.4 is 10.2 Å². The molecule has 150 valence electrons. The van der Waals surface area contributed by atoms with Gasteiger partial charge < -0.3 is 10.2 Å². The summed E-state index contributed by atoms with van der Waals surface area (Å²) < 4.78 is 0. The van der Waals surface area contributed by atoms with Gasteiger partial charge in [0, 0.05) is 38.3 Å². The molecule has 0 saturated carbocycles. The molecule has 1 aliphatic heterocycles. The molecule has 1 heterocycles. The van der Waals surface area contributed by atoms with E-state index in [1.54, 1.807) is 0 Å². The number of nitrogens with one attached hydrogen (secondary N) is 1. The number of nitrogens with zero attached hydrogens (tertiary/aromatic N) is 2. The summed E-state index contributed by atoms with van der Waals surface area (Å²) in [6.07, 6.45) is 2.88. The molecule has 1 amide bonds. The first-order chi connectivity index (χ1) is 13.6. The summed E-state index contributed by atoms with van der Waals surface area (Å²) in [5.74, 6) is 0.401. The average molecular weight is 380 g/mol. The quantitative estimate of drug-likeness (QED) is 0.708. The summed E-state index contributed by atoms with van der Waals surface area (Å²) in [7, 11) is 2.10. The predicted octanol–water partition coefficient (Wildman–Crippen LogP) is 3.85. The van der Waals surface area contributed by atoms with Gasteiger partial charge in [0.05, 0.1) is 0 Å². The van der Waals surface area contributed by atoms with Gasteiger partial charge in [-0.3, -0.25) is 9.69 Å². The highest BCUT2D eigenvalue weighted by Crippen LogP contribution is 2.19. The Balaban J connectivity index is 1.32. The molecule has 4 heteroatoms. The van der Waals surface area contributed by atoms with Gasteiger partial charge in [0.15, 0.2) is 0 Å². The molecule has 1 saturated heterocycles. The minimum Gasteiger partial charge on any atom is -0.375 e. The number of hydrogen-bond donors (Lipinski definition) is 1. The molecule has 4 nitrogen and oxygen atoms in total. The Kier molecular flexibility index (Phi) is 7.49. The number of amides is 1. The highest BCUT2D eigenvalue weighted by atomic mass is 16.1. The maximum Gasteiger partial charge on any atom is 0.223 e. The van der Waals surface area contributed by atoms with Gasteiger partial charge in [0.25, 0.3) is 0 Å². The van der Waals surface area contributed by atoms with E-state index in [0.717, 1.165) is 52.0 Å². The zero-order chi connectivity index (χ0) is 19.8. The van der Waals surface area contributed by atoms with E-state index in [0.29, 0.717) is 0 Å². The van der Waals surface area contributed by atoms with Crippen LogP contribution in [0.25, 0.3) is 0 Å². The summed E-state index contributed by atoms with van der Waals surface area (Å²) in [5.41, 5.74) is 3.87. The Bertz CT molecular complexity index is 721. The fourth-order valence-corrected chi connectivity index (χ4v) is 3.79. The Morgan fingerprint density at radius 2 is 1.75 bits per heavy atom. The van der Waals surface area contributed by atoms with Gasteiger partial charge in [0.1, 0.15) is 0 Å². The van der Waals surface area contributed by atoms with Crippen molar-refractivity contribution in [1.82, 2.24) is 10.2 Å². The van der Waals surface area contributed by atoms with Crippen molar-refractivity contribution in [2.75, 3.05) is 38.1 Å². The number of hydrogen-bond acceptors (Lipinski definition) is 3. The second-order valence-corrected chi connectivity index (χ2v) is 7.94. The number of para-hydroxylation sites is 1. The van der Waals surface area contributed by atoms with Crippen LogP contribution in [0.3, 0.4) is 0 Å². The molecule has 0 spiro atoms. The van der Waals surface area contributed by atoms with E-state index in [1.807, 2.05) is 6.07 Å². The van der Waals surface area contributed by atoms with Gasteiger partial charge in [-0.2, -0.15) is 0 Å². The second kappa shape index (κ2) is 10.3. The van der Waals surface area contributed by atoms with E-state index in [1.165, 1.54) is 16.8 Å². The van der Waals surface area contributed by atoms with Crippen molar-refractivity contribution in [3.05, 3.63) is 65.7 Å². The Labute approximate surface area is 169 Å². The molecule has 0 bridgehead atoms. The Morgan fingerprint density at radius 1 is 1.07 bits per heavy atom. The number of piperidine rings is 1. The monoisotopic (exact) mass is 379 g/mol. The van der Waals surface area contributed by atoms with Crippen molar-refractivity contribution in [2.45, 2.75) is 32.7 Å². The molecule has 2 aromatic rings. The normalized spacial score (nSPS) is 15.4. The average Bonchev–Trinajstić information content (AvgIpc) is 2.73. The van der Waals surface area contributed by atoms with E-state index < -0.39 is 0 Å². The molecule has 0 aliphatic carbocycles. The van der Waals surface area contributed by atoms with Gasteiger partial charge in [-0.1, -0.05) is 48.0 Å². The van der Waals surface area contributed by atoms with Gasteiger partial charge in [-0.15, -0.1) is 0 Å². The first-order valence-corrected chi connectivity index (χ1v) is 10.4. The molecular formula is C24H33N3O. The molecule has 1 fully saturated rings. The van der Waals surface area contributed by atoms with E-state index in [9.17, 15) is 4.79 Å². The van der Waals surface area contributed by atoms with Crippen LogP contribution in [-0.2, 0) is 11.3 Å². The molecule has 0 radical (unpaired) electrons. The summed E-state index contributed by atoms with van der Waals surface area (Å²) >= 11 is 0. The second-order valence-electron chi connectivity index (χ2n) is 7.94. The van der Waals surface area contributed by atoms with Gasteiger partial charge in [-0.25, -0.2) is 0 Å². The van der Waals surface area contributed by atoms with Crippen molar-refractivity contribution in [3.8, 4) is 0 Å². The maximum absolute atomic E-state index is 12.5. The standard InChI is InChI=1S/C24H33N3O/c1-20-9-11-21(12-10-20)19-27-17-13-22(14-18-27)24(28)25-15-6-16-26(2)23-7-4-3-5-8-23/h3-5,7-12,22H,6,13-19H2,1-2H3,(H,25,28). The minimum atomic E-state index is 0.168. The largest absolute Gasteiger partial charge is 0.375 e. The summed E-state index contributed by atoms with van der Waals surface area (Å²) in [6.45, 7) is 6.80. The molecule has 1 N–H and O–H groups in total. The first-order valence-electron chi connectivity index (χ1n) is 10.4. The number of rotatable bonds is 8. The van der Waals surface area contributed by atoms with Crippen molar-refractivity contribution in [2.24, 2.45) is 5.92 Å². The molecule has 28 heavy (non-hydrogen) atoms. The lowest BCUT2D eigenvalue weighted by atomic mass is 9.95. The highest BCUT2D eigenvalue weighted by Gasteiger charge is 2.24. The Morgan fingerprint density at radius 3 is 2.43 bits per heavy atom. The number of likely N-dealkylation sites (tertiary alicyclic amines) is 1. The van der Waals surface area contributed by atoms with E-state index >= 15 is 0 Å². The zero-order valence-electron chi connectivity index (χ0n) is 17.2. The van der Waals surface area contributed by atoms with Gasteiger partial charge in [0.2, 0.25) is 5.91 Å². The molecule has 1 aliphatic rings. The number of carbonyl (C=O) groups excluding carboxylic acids is 1. The minimum absolute atomic E-state index is 0.168. The summed E-state index contributed by atoms with van der Waals surface area (Å²) in [6, 6.07) is 19.1. The third-order valence-corrected chi connectivity index (χ3v) is 5.65. The summed E-state index contributed by atoms with van der Waals surface area (Å²) in [4.78, 5) is 17.2. The number of aryl methyl sites for hydroxylation is 1. The number of anilines is 1. The van der Waals surface area contributed by atoms with Crippen LogP contribution in [0.4, 0.5) is 5.69 Å². The molecule has 0 unspecified atom stereocenters. The molecule has 0 atom stereocenters. The fraction of sp³-hybridized carbons (Fsp3) is 0.458.